The first-order valence-electron chi connectivity index (χ1n) is 30.3. The van der Waals surface area contributed by atoms with Gasteiger partial charge in [-0.1, -0.05) is 281 Å². The quantitative estimate of drug-likeness (QED) is 0.114. The van der Waals surface area contributed by atoms with E-state index in [2.05, 4.69) is 352 Å². The summed E-state index contributed by atoms with van der Waals surface area (Å²) in [6.45, 7) is 12.0. The van der Waals surface area contributed by atoms with Crippen LogP contribution in [0.2, 0.25) is 0 Å². The van der Waals surface area contributed by atoms with Crippen LogP contribution in [0.3, 0.4) is 0 Å². The minimum absolute atomic E-state index is 0.661. The lowest BCUT2D eigenvalue weighted by atomic mass is 9.56. The van der Waals surface area contributed by atoms with Gasteiger partial charge in [-0.2, -0.15) is 0 Å². The number of rotatable bonds is 13. The fourth-order valence-electron chi connectivity index (χ4n) is 14.7. The van der Waals surface area contributed by atoms with Gasteiger partial charge in [0.2, 0.25) is 0 Å². The molecule has 13 aromatic carbocycles. The van der Waals surface area contributed by atoms with Crippen LogP contribution in [0.5, 0.6) is 0 Å². The summed E-state index contributed by atoms with van der Waals surface area (Å²) in [5.74, 6) is 0. The minimum atomic E-state index is -0.671. The molecule has 2 nitrogen and oxygen atoms in total. The Labute approximate surface area is 511 Å². The first kappa shape index (κ1) is 53.0. The first-order chi connectivity index (χ1) is 42.8. The largest absolute Gasteiger partial charge is 0.310 e. The van der Waals surface area contributed by atoms with Crippen molar-refractivity contribution < 1.29 is 0 Å². The molecule has 0 aromatic heterocycles. The molecule has 0 heterocycles. The third kappa shape index (κ3) is 8.62. The third-order valence-corrected chi connectivity index (χ3v) is 18.8. The fourth-order valence-corrected chi connectivity index (χ4v) is 14.7. The normalized spacial score (nSPS) is 15.4. The maximum atomic E-state index is 4.73. The van der Waals surface area contributed by atoms with Crippen LogP contribution >= 0.6 is 0 Å². The van der Waals surface area contributed by atoms with Crippen molar-refractivity contribution in [2.45, 2.75) is 31.6 Å². The molecule has 2 aliphatic rings. The number of benzene rings is 13. The lowest BCUT2D eigenvalue weighted by Crippen LogP contribution is -2.44. The smallest absolute Gasteiger partial charge is 0.0543 e. The van der Waals surface area contributed by atoms with E-state index in [-0.39, 0.29) is 0 Å². The number of allylic oxidation sites excluding steroid dienone is 1. The molecular weight excluding hydrogens is 1050 g/mol. The minimum Gasteiger partial charge on any atom is -0.310 e. The van der Waals surface area contributed by atoms with Crippen LogP contribution in [0, 0.1) is 0 Å². The van der Waals surface area contributed by atoms with Gasteiger partial charge in [-0.25, -0.2) is 0 Å². The van der Waals surface area contributed by atoms with Crippen LogP contribution in [-0.4, -0.2) is 0 Å². The third-order valence-electron chi connectivity index (χ3n) is 18.8. The SMILES string of the molecule is C=Cc1c(/C=C\C)c(N(c2cccc(-c3ccccc3)c2)c2cccc(-c3ccccc3)c2)cc2c1-c1ccccc1C2(C)C1(C)c2ccccc2-c2c1cc(N(c1cccc(-c3ccccc3)c1)c1cccc(-c3ccccc3)c1)c1ccccc21. The zero-order valence-electron chi connectivity index (χ0n) is 49.2. The molecular formula is C85H64N2. The van der Waals surface area contributed by atoms with Gasteiger partial charge in [-0.05, 0) is 168 Å². The number of anilines is 6. The van der Waals surface area contributed by atoms with Crippen molar-refractivity contribution >= 4 is 57.0 Å². The van der Waals surface area contributed by atoms with Gasteiger partial charge >= 0.3 is 0 Å². The van der Waals surface area contributed by atoms with Gasteiger partial charge in [0.15, 0.2) is 0 Å². The molecule has 0 aliphatic heterocycles. The Morgan fingerprint density at radius 1 is 0.299 bits per heavy atom. The van der Waals surface area contributed by atoms with E-state index >= 15 is 0 Å². The van der Waals surface area contributed by atoms with Crippen LogP contribution in [-0.2, 0) is 10.8 Å². The van der Waals surface area contributed by atoms with Gasteiger partial charge in [-0.3, -0.25) is 0 Å². The molecule has 0 saturated heterocycles. The molecule has 414 valence electrons. The molecule has 15 rings (SSSR count). The monoisotopic (exact) mass is 1110 g/mol. The summed E-state index contributed by atoms with van der Waals surface area (Å²) >= 11 is 0. The highest BCUT2D eigenvalue weighted by molar-refractivity contribution is 6.11. The second kappa shape index (κ2) is 21.7. The standard InChI is InChI=1S/C85H64N2/c1-5-29-71-70(6-2)82-74-48-21-23-50-76(74)84(3,78(82)56-80(71)86(66-42-25-38-62(52-66)58-30-11-7-12-31-58)67-43-26-39-63(53-67)59-32-13-8-14-33-59)85(4)77-51-24-22-49-75(77)83-73-47-20-19-46-72(73)81(57-79(83)85)87(68-44-27-40-64(54-68)60-34-15-9-16-35-60)69-45-28-41-65(55-69)61-36-17-10-18-37-61/h5-57H,2H2,1,3-4H3/b29-5-. The molecule has 0 saturated carbocycles. The molecule has 0 bridgehead atoms. The molecule has 2 unspecified atom stereocenters. The highest BCUT2D eigenvalue weighted by Crippen LogP contribution is 2.68. The van der Waals surface area contributed by atoms with Gasteiger partial charge in [-0.15, -0.1) is 0 Å². The second-order valence-corrected chi connectivity index (χ2v) is 23.4. The van der Waals surface area contributed by atoms with E-state index < -0.39 is 10.8 Å². The van der Waals surface area contributed by atoms with Crippen LogP contribution < -0.4 is 9.80 Å². The Kier molecular flexibility index (Phi) is 13.2. The predicted octanol–water partition coefficient (Wildman–Crippen LogP) is 23.4. The van der Waals surface area contributed by atoms with Crippen LogP contribution in [0.15, 0.2) is 316 Å². The van der Waals surface area contributed by atoms with Crippen LogP contribution in [0.4, 0.5) is 34.1 Å². The van der Waals surface area contributed by atoms with Crippen molar-refractivity contribution in [3.8, 4) is 66.8 Å². The summed E-state index contributed by atoms with van der Waals surface area (Å²) in [6.07, 6.45) is 6.61. The van der Waals surface area contributed by atoms with Crippen molar-refractivity contribution in [2.24, 2.45) is 0 Å². The molecule has 0 radical (unpaired) electrons. The lowest BCUT2D eigenvalue weighted by molar-refractivity contribution is 0.376. The maximum absolute atomic E-state index is 4.73. The van der Waals surface area contributed by atoms with Gasteiger partial charge in [0.1, 0.15) is 0 Å². The van der Waals surface area contributed by atoms with E-state index in [4.69, 9.17) is 6.58 Å². The van der Waals surface area contributed by atoms with Gasteiger partial charge < -0.3 is 9.80 Å². The molecule has 2 heteroatoms. The Bertz CT molecular complexity index is 4640. The van der Waals surface area contributed by atoms with E-state index in [0.29, 0.717) is 0 Å². The Balaban J connectivity index is 1.02. The zero-order valence-corrected chi connectivity index (χ0v) is 49.2. The van der Waals surface area contributed by atoms with Gasteiger partial charge in [0.05, 0.1) is 11.4 Å². The Morgan fingerprint density at radius 2 is 0.632 bits per heavy atom. The fraction of sp³-hybridized carbons (Fsp3) is 0.0588. The molecule has 0 spiro atoms. The number of nitrogens with zero attached hydrogens (tertiary/aromatic N) is 2. The highest BCUT2D eigenvalue weighted by Gasteiger charge is 2.58. The Hall–Kier alpha value is -10.8. The molecule has 0 amide bonds. The van der Waals surface area contributed by atoms with Gasteiger partial charge in [0, 0.05) is 44.5 Å². The molecule has 87 heavy (non-hydrogen) atoms. The summed E-state index contributed by atoms with van der Waals surface area (Å²) in [5.41, 5.74) is 26.8. The molecule has 0 N–H and O–H groups in total. The zero-order chi connectivity index (χ0) is 58.6. The van der Waals surface area contributed by atoms with Gasteiger partial charge in [0.25, 0.3) is 0 Å². The van der Waals surface area contributed by atoms with Crippen molar-refractivity contribution in [3.05, 3.63) is 349 Å². The van der Waals surface area contributed by atoms with Crippen molar-refractivity contribution in [2.75, 3.05) is 9.80 Å². The highest BCUT2D eigenvalue weighted by atomic mass is 15.2. The van der Waals surface area contributed by atoms with E-state index in [1.54, 1.807) is 0 Å². The van der Waals surface area contributed by atoms with E-state index in [1.807, 2.05) is 0 Å². The summed E-state index contributed by atoms with van der Waals surface area (Å²) in [6, 6.07) is 112. The summed E-state index contributed by atoms with van der Waals surface area (Å²) < 4.78 is 0. The maximum Gasteiger partial charge on any atom is 0.0543 e. The lowest BCUT2D eigenvalue weighted by Gasteiger charge is -2.46. The molecule has 0 fully saturated rings. The number of hydrogen-bond acceptors (Lipinski definition) is 2. The van der Waals surface area contributed by atoms with Crippen molar-refractivity contribution in [3.63, 3.8) is 0 Å². The summed E-state index contributed by atoms with van der Waals surface area (Å²) in [7, 11) is 0. The predicted molar refractivity (Wildman–Crippen MR) is 370 cm³/mol. The van der Waals surface area contributed by atoms with Crippen LogP contribution in [0.1, 0.15) is 54.2 Å². The topological polar surface area (TPSA) is 6.48 Å². The molecule has 2 aliphatic carbocycles. The van der Waals surface area contributed by atoms with E-state index in [9.17, 15) is 0 Å². The van der Waals surface area contributed by atoms with Crippen LogP contribution in [0.25, 0.3) is 89.7 Å². The molecule has 2 atom stereocenters. The average Bonchev–Trinajstić information content (AvgIpc) is 1.51. The Morgan fingerprint density at radius 3 is 1.05 bits per heavy atom. The summed E-state index contributed by atoms with van der Waals surface area (Å²) in [4.78, 5) is 5.02. The van der Waals surface area contributed by atoms with Crippen molar-refractivity contribution in [1.82, 2.24) is 0 Å². The first-order valence-corrected chi connectivity index (χ1v) is 30.3. The summed E-state index contributed by atoms with van der Waals surface area (Å²) in [5, 5.41) is 2.40. The second-order valence-electron chi connectivity index (χ2n) is 23.4. The van der Waals surface area contributed by atoms with Crippen molar-refractivity contribution in [1.29, 1.82) is 0 Å². The number of hydrogen-bond donors (Lipinski definition) is 0. The van der Waals surface area contributed by atoms with E-state index in [0.717, 1.165) is 67.5 Å². The molecule has 13 aromatic rings. The number of fused-ring (bicyclic) bond motifs is 8. The average molecular weight is 1110 g/mol. The van der Waals surface area contributed by atoms with E-state index in [1.165, 1.54) is 77.5 Å².